The van der Waals surface area contributed by atoms with Crippen molar-refractivity contribution in [2.75, 3.05) is 0 Å². The lowest BCUT2D eigenvalue weighted by atomic mass is 10.1. The highest BCUT2D eigenvalue weighted by molar-refractivity contribution is 7.05. The van der Waals surface area contributed by atoms with E-state index in [0.717, 1.165) is 16.3 Å². The number of aromatic nitrogens is 2. The van der Waals surface area contributed by atoms with E-state index in [9.17, 15) is 5.11 Å². The normalized spacial score (nSPS) is 13.0. The van der Waals surface area contributed by atoms with Crippen molar-refractivity contribution >= 4 is 11.5 Å². The molecule has 2 heterocycles. The van der Waals surface area contributed by atoms with Gasteiger partial charge < -0.3 is 9.52 Å². The summed E-state index contributed by atoms with van der Waals surface area (Å²) in [4.78, 5) is 0.807. The van der Waals surface area contributed by atoms with Crippen LogP contribution in [0.15, 0.2) is 22.8 Å². The molecule has 4 nitrogen and oxygen atoms in total. The van der Waals surface area contributed by atoms with Crippen LogP contribution in [0.1, 0.15) is 22.4 Å². The minimum atomic E-state index is -0.568. The van der Waals surface area contributed by atoms with E-state index in [1.807, 2.05) is 13.0 Å². The summed E-state index contributed by atoms with van der Waals surface area (Å²) >= 11 is 1.23. The first-order valence-electron chi connectivity index (χ1n) is 4.26. The highest BCUT2D eigenvalue weighted by Gasteiger charge is 2.15. The standard InChI is InChI=1S/C9H10N2O2S/c1-6-9(14-11-10-6)8(12)5-7-3-2-4-13-7/h2-4,8,12H,5H2,1H3. The van der Waals surface area contributed by atoms with E-state index in [0.29, 0.717) is 6.42 Å². The zero-order valence-corrected chi connectivity index (χ0v) is 8.49. The van der Waals surface area contributed by atoms with Crippen molar-refractivity contribution in [3.8, 4) is 0 Å². The molecule has 0 radical (unpaired) electrons. The van der Waals surface area contributed by atoms with Gasteiger partial charge in [-0.25, -0.2) is 0 Å². The Kier molecular flexibility index (Phi) is 2.60. The molecule has 1 N–H and O–H groups in total. The molecule has 0 aromatic carbocycles. The molecule has 74 valence electrons. The SMILES string of the molecule is Cc1nnsc1C(O)Cc1ccco1. The molecule has 2 aromatic rings. The third-order valence-corrected chi connectivity index (χ3v) is 2.89. The van der Waals surface area contributed by atoms with Crippen molar-refractivity contribution in [1.29, 1.82) is 0 Å². The zero-order valence-electron chi connectivity index (χ0n) is 7.67. The molecule has 0 aliphatic heterocycles. The van der Waals surface area contributed by atoms with E-state index in [2.05, 4.69) is 9.59 Å². The highest BCUT2D eigenvalue weighted by atomic mass is 32.1. The maximum Gasteiger partial charge on any atom is 0.106 e. The number of hydrogen-bond acceptors (Lipinski definition) is 5. The Hall–Kier alpha value is -1.20. The molecule has 0 amide bonds. The van der Waals surface area contributed by atoms with E-state index < -0.39 is 6.10 Å². The predicted molar refractivity (Wildman–Crippen MR) is 52.0 cm³/mol. The molecule has 2 rings (SSSR count). The molecule has 0 spiro atoms. The summed E-state index contributed by atoms with van der Waals surface area (Å²) in [5, 5.41) is 13.7. The number of hydrogen-bond donors (Lipinski definition) is 1. The van der Waals surface area contributed by atoms with Crippen LogP contribution in [0.25, 0.3) is 0 Å². The van der Waals surface area contributed by atoms with Gasteiger partial charge in [0.1, 0.15) is 5.76 Å². The van der Waals surface area contributed by atoms with Crippen LogP contribution >= 0.6 is 11.5 Å². The molecule has 0 aliphatic rings. The molecule has 1 atom stereocenters. The number of furan rings is 1. The van der Waals surface area contributed by atoms with Crippen molar-refractivity contribution in [2.45, 2.75) is 19.4 Å². The van der Waals surface area contributed by atoms with Crippen LogP contribution in [0.4, 0.5) is 0 Å². The second-order valence-corrected chi connectivity index (χ2v) is 3.81. The van der Waals surface area contributed by atoms with Crippen molar-refractivity contribution in [3.05, 3.63) is 34.7 Å². The lowest BCUT2D eigenvalue weighted by molar-refractivity contribution is 0.173. The molecule has 0 fully saturated rings. The van der Waals surface area contributed by atoms with E-state index in [4.69, 9.17) is 4.42 Å². The van der Waals surface area contributed by atoms with Crippen LogP contribution in [-0.2, 0) is 6.42 Å². The maximum absolute atomic E-state index is 9.83. The lowest BCUT2D eigenvalue weighted by Crippen LogP contribution is -2.00. The Morgan fingerprint density at radius 3 is 3.07 bits per heavy atom. The Morgan fingerprint density at radius 1 is 1.64 bits per heavy atom. The summed E-state index contributed by atoms with van der Waals surface area (Å²) in [7, 11) is 0. The first-order valence-corrected chi connectivity index (χ1v) is 5.04. The van der Waals surface area contributed by atoms with Gasteiger partial charge in [-0.15, -0.1) is 5.10 Å². The first kappa shape index (κ1) is 9.36. The van der Waals surface area contributed by atoms with Gasteiger partial charge in [0.05, 0.1) is 22.9 Å². The molecule has 14 heavy (non-hydrogen) atoms. The summed E-state index contributed by atoms with van der Waals surface area (Å²) in [6, 6.07) is 3.65. The fraction of sp³-hybridized carbons (Fsp3) is 0.333. The van der Waals surface area contributed by atoms with E-state index in [1.165, 1.54) is 11.5 Å². The van der Waals surface area contributed by atoms with Gasteiger partial charge in [-0.2, -0.15) is 0 Å². The molecule has 2 aromatic heterocycles. The fourth-order valence-electron chi connectivity index (χ4n) is 1.25. The van der Waals surface area contributed by atoms with Crippen LogP contribution in [0.2, 0.25) is 0 Å². The van der Waals surface area contributed by atoms with Crippen molar-refractivity contribution in [3.63, 3.8) is 0 Å². The number of aliphatic hydroxyl groups excluding tert-OH is 1. The summed E-state index contributed by atoms with van der Waals surface area (Å²) in [6.45, 7) is 1.84. The number of aryl methyl sites for hydroxylation is 1. The average Bonchev–Trinajstić information content (AvgIpc) is 2.75. The minimum absolute atomic E-state index is 0.470. The average molecular weight is 210 g/mol. The van der Waals surface area contributed by atoms with Gasteiger partial charge in [-0.3, -0.25) is 0 Å². The van der Waals surface area contributed by atoms with Gasteiger partial charge in [0.25, 0.3) is 0 Å². The highest BCUT2D eigenvalue weighted by Crippen LogP contribution is 2.23. The molecule has 1 unspecified atom stereocenters. The smallest absolute Gasteiger partial charge is 0.106 e. The molecular weight excluding hydrogens is 200 g/mol. The summed E-state index contributed by atoms with van der Waals surface area (Å²) in [5.74, 6) is 0.769. The van der Waals surface area contributed by atoms with E-state index in [1.54, 1.807) is 12.3 Å². The quantitative estimate of drug-likeness (QED) is 0.837. The Balaban J connectivity index is 2.10. The third kappa shape index (κ3) is 1.83. The van der Waals surface area contributed by atoms with Gasteiger partial charge in [0.2, 0.25) is 0 Å². The first-order chi connectivity index (χ1) is 6.77. The second kappa shape index (κ2) is 3.89. The maximum atomic E-state index is 9.83. The van der Waals surface area contributed by atoms with Gasteiger partial charge in [-0.1, -0.05) is 4.49 Å². The fourth-order valence-corrected chi connectivity index (χ4v) is 1.88. The topological polar surface area (TPSA) is 59.2 Å². The van der Waals surface area contributed by atoms with Crippen molar-refractivity contribution < 1.29 is 9.52 Å². The Bertz CT molecular complexity index is 397. The summed E-state index contributed by atoms with van der Waals surface area (Å²) < 4.78 is 8.92. The Labute approximate surface area is 85.4 Å². The minimum Gasteiger partial charge on any atom is -0.469 e. The van der Waals surface area contributed by atoms with Crippen LogP contribution < -0.4 is 0 Å². The van der Waals surface area contributed by atoms with E-state index >= 15 is 0 Å². The van der Waals surface area contributed by atoms with Crippen LogP contribution in [-0.4, -0.2) is 14.7 Å². The van der Waals surface area contributed by atoms with E-state index in [-0.39, 0.29) is 0 Å². The van der Waals surface area contributed by atoms with Crippen molar-refractivity contribution in [2.24, 2.45) is 0 Å². The lowest BCUT2D eigenvalue weighted by Gasteiger charge is -2.05. The molecular formula is C9H10N2O2S. The number of nitrogens with zero attached hydrogens (tertiary/aromatic N) is 2. The second-order valence-electron chi connectivity index (χ2n) is 3.02. The molecule has 0 aliphatic carbocycles. The van der Waals surface area contributed by atoms with Gasteiger partial charge in [0.15, 0.2) is 0 Å². The van der Waals surface area contributed by atoms with Crippen LogP contribution in [0.5, 0.6) is 0 Å². The summed E-state index contributed by atoms with van der Waals surface area (Å²) in [5.41, 5.74) is 0.786. The molecule has 0 saturated heterocycles. The third-order valence-electron chi connectivity index (χ3n) is 1.96. The molecule has 5 heteroatoms. The predicted octanol–water partition coefficient (Wildman–Crippen LogP) is 1.72. The van der Waals surface area contributed by atoms with Gasteiger partial charge in [0, 0.05) is 6.42 Å². The molecule has 0 bridgehead atoms. The largest absolute Gasteiger partial charge is 0.469 e. The Morgan fingerprint density at radius 2 is 2.50 bits per heavy atom. The van der Waals surface area contributed by atoms with Gasteiger partial charge in [-0.05, 0) is 30.6 Å². The van der Waals surface area contributed by atoms with Crippen LogP contribution in [0.3, 0.4) is 0 Å². The summed E-state index contributed by atoms with van der Waals surface area (Å²) in [6.07, 6.45) is 1.50. The zero-order chi connectivity index (χ0) is 9.97. The monoisotopic (exact) mass is 210 g/mol. The van der Waals surface area contributed by atoms with Gasteiger partial charge >= 0.3 is 0 Å². The molecule has 0 saturated carbocycles. The number of aliphatic hydroxyl groups is 1. The van der Waals surface area contributed by atoms with Crippen molar-refractivity contribution in [1.82, 2.24) is 9.59 Å². The van der Waals surface area contributed by atoms with Crippen LogP contribution in [0, 0.1) is 6.92 Å². The number of rotatable bonds is 3.